The van der Waals surface area contributed by atoms with Crippen LogP contribution in [0.25, 0.3) is 0 Å². The lowest BCUT2D eigenvalue weighted by molar-refractivity contribution is 0.361. The lowest BCUT2D eigenvalue weighted by Crippen LogP contribution is -2.14. The molecule has 0 radical (unpaired) electrons. The highest BCUT2D eigenvalue weighted by Crippen LogP contribution is 2.39. The minimum atomic E-state index is 0.307. The minimum Gasteiger partial charge on any atom is -0.145 e. The Bertz CT molecular complexity index is 456. The highest BCUT2D eigenvalue weighted by Gasteiger charge is 2.24. The zero-order chi connectivity index (χ0) is 13.8. The Balaban J connectivity index is 2.03. The van der Waals surface area contributed by atoms with Gasteiger partial charge >= 0.3 is 0 Å². The van der Waals surface area contributed by atoms with Crippen LogP contribution in [0.4, 0.5) is 0 Å². The van der Waals surface area contributed by atoms with Crippen molar-refractivity contribution in [3.05, 3.63) is 52.6 Å². The summed E-state index contributed by atoms with van der Waals surface area (Å²) in [6.07, 6.45) is 4.36. The number of rotatable bonds is 4. The van der Waals surface area contributed by atoms with Crippen molar-refractivity contribution < 1.29 is 0 Å². The summed E-state index contributed by atoms with van der Waals surface area (Å²) >= 11 is 0. The summed E-state index contributed by atoms with van der Waals surface area (Å²) in [6.45, 7) is 8.22. The molecule has 1 aromatic carbocycles. The Kier molecular flexibility index (Phi) is 4.52. The zero-order valence-corrected chi connectivity index (χ0v) is 11.9. The molecule has 1 saturated carbocycles. The number of nitroso groups, excluding NO2 is 1. The molecule has 19 heavy (non-hydrogen) atoms. The van der Waals surface area contributed by atoms with E-state index in [0.717, 1.165) is 25.7 Å². The van der Waals surface area contributed by atoms with E-state index in [0.29, 0.717) is 23.5 Å². The van der Waals surface area contributed by atoms with E-state index in [9.17, 15) is 4.91 Å². The molecule has 1 aromatic rings. The van der Waals surface area contributed by atoms with Crippen LogP contribution in [-0.2, 0) is 0 Å². The summed E-state index contributed by atoms with van der Waals surface area (Å²) in [5.41, 5.74) is 3.40. The summed E-state index contributed by atoms with van der Waals surface area (Å²) in [5.74, 6) is 1.52. The summed E-state index contributed by atoms with van der Waals surface area (Å²) in [5, 5.41) is 3.00. The third-order valence-corrected chi connectivity index (χ3v) is 4.36. The van der Waals surface area contributed by atoms with Gasteiger partial charge in [0.1, 0.15) is 0 Å². The smallest absolute Gasteiger partial charge is 0.0808 e. The normalized spacial score (nSPS) is 23.3. The Morgan fingerprint density at radius 2 is 1.95 bits per heavy atom. The average Bonchev–Trinajstić information content (AvgIpc) is 2.46. The van der Waals surface area contributed by atoms with E-state index in [1.54, 1.807) is 0 Å². The van der Waals surface area contributed by atoms with Gasteiger partial charge in [-0.2, -0.15) is 0 Å². The molecule has 0 amide bonds. The van der Waals surface area contributed by atoms with Crippen molar-refractivity contribution in [1.82, 2.24) is 0 Å². The number of nitrogens with zero attached hydrogens (tertiary/aromatic N) is 1. The maximum absolute atomic E-state index is 10.5. The quantitative estimate of drug-likeness (QED) is 0.667. The van der Waals surface area contributed by atoms with Gasteiger partial charge < -0.3 is 0 Å². The molecule has 2 heteroatoms. The first-order chi connectivity index (χ1) is 9.11. The molecule has 1 aliphatic rings. The van der Waals surface area contributed by atoms with Gasteiger partial charge in [0.05, 0.1) is 5.70 Å². The van der Waals surface area contributed by atoms with E-state index < -0.39 is 0 Å². The first-order valence-electron chi connectivity index (χ1n) is 7.23. The predicted molar refractivity (Wildman–Crippen MR) is 80.2 cm³/mol. The highest BCUT2D eigenvalue weighted by atomic mass is 16.3. The van der Waals surface area contributed by atoms with Crippen LogP contribution in [0.1, 0.15) is 62.5 Å². The van der Waals surface area contributed by atoms with Crippen LogP contribution < -0.4 is 0 Å². The highest BCUT2D eigenvalue weighted by molar-refractivity contribution is 5.28. The largest absolute Gasteiger partial charge is 0.145 e. The van der Waals surface area contributed by atoms with Crippen LogP contribution in [-0.4, -0.2) is 0 Å². The van der Waals surface area contributed by atoms with Crippen LogP contribution >= 0.6 is 0 Å². The first kappa shape index (κ1) is 14.0. The Hall–Kier alpha value is -1.44. The summed E-state index contributed by atoms with van der Waals surface area (Å²) in [7, 11) is 0. The second kappa shape index (κ2) is 6.14. The summed E-state index contributed by atoms with van der Waals surface area (Å²) < 4.78 is 0. The molecule has 1 fully saturated rings. The minimum absolute atomic E-state index is 0.307. The van der Waals surface area contributed by atoms with Crippen LogP contribution in [0.3, 0.4) is 0 Å². The standard InChI is InChI=1S/C17H23NO/c1-12(2)16-5-4-6-17(11-16)15-9-7-14(8-10-15)13(3)18-19/h4-6,11-12,14-15H,3,7-10H2,1-2H3. The molecule has 102 valence electrons. The van der Waals surface area contributed by atoms with Crippen molar-refractivity contribution in [1.29, 1.82) is 0 Å². The lowest BCUT2D eigenvalue weighted by atomic mass is 9.77. The average molecular weight is 257 g/mol. The van der Waals surface area contributed by atoms with Gasteiger partial charge in [0.15, 0.2) is 0 Å². The number of allylic oxidation sites excluding steroid dienone is 1. The number of hydrogen-bond donors (Lipinski definition) is 0. The number of benzene rings is 1. The third kappa shape index (κ3) is 3.31. The molecule has 0 aromatic heterocycles. The van der Waals surface area contributed by atoms with Crippen molar-refractivity contribution in [3.63, 3.8) is 0 Å². The topological polar surface area (TPSA) is 29.4 Å². The van der Waals surface area contributed by atoms with E-state index in [1.165, 1.54) is 11.1 Å². The first-order valence-corrected chi connectivity index (χ1v) is 7.23. The SMILES string of the molecule is C=C(N=O)C1CCC(c2cccc(C(C)C)c2)CC1. The van der Waals surface area contributed by atoms with Crippen molar-refractivity contribution >= 4 is 0 Å². The molecule has 0 saturated heterocycles. The molecular formula is C17H23NO. The molecule has 0 atom stereocenters. The maximum atomic E-state index is 10.5. The molecule has 1 aliphatic carbocycles. The van der Waals surface area contributed by atoms with Gasteiger partial charge in [-0.15, -0.1) is 4.91 Å². The van der Waals surface area contributed by atoms with Crippen molar-refractivity contribution in [2.45, 2.75) is 51.4 Å². The molecule has 0 bridgehead atoms. The van der Waals surface area contributed by atoms with Crippen LogP contribution in [0.15, 0.2) is 41.7 Å². The van der Waals surface area contributed by atoms with Gasteiger partial charge in [0.25, 0.3) is 0 Å². The zero-order valence-electron chi connectivity index (χ0n) is 11.9. The third-order valence-electron chi connectivity index (χ3n) is 4.36. The fraction of sp³-hybridized carbons (Fsp3) is 0.529. The van der Waals surface area contributed by atoms with E-state index in [-0.39, 0.29) is 0 Å². The number of hydrogen-bond acceptors (Lipinski definition) is 2. The van der Waals surface area contributed by atoms with E-state index in [2.05, 4.69) is 49.9 Å². The Labute approximate surface area is 115 Å². The predicted octanol–water partition coefficient (Wildman–Crippen LogP) is 5.36. The fourth-order valence-electron chi connectivity index (χ4n) is 3.01. The van der Waals surface area contributed by atoms with Gasteiger partial charge in [-0.1, -0.05) is 44.7 Å². The van der Waals surface area contributed by atoms with E-state index >= 15 is 0 Å². The van der Waals surface area contributed by atoms with E-state index in [4.69, 9.17) is 0 Å². The van der Waals surface area contributed by atoms with Gasteiger partial charge in [-0.05, 0) is 53.8 Å². The van der Waals surface area contributed by atoms with Gasteiger partial charge in [0.2, 0.25) is 0 Å². The van der Waals surface area contributed by atoms with Crippen molar-refractivity contribution in [2.24, 2.45) is 11.1 Å². The van der Waals surface area contributed by atoms with Crippen LogP contribution in [0, 0.1) is 10.8 Å². The molecule has 0 aliphatic heterocycles. The fourth-order valence-corrected chi connectivity index (χ4v) is 3.01. The van der Waals surface area contributed by atoms with Crippen LogP contribution in [0.2, 0.25) is 0 Å². The molecule has 2 rings (SSSR count). The second-order valence-corrected chi connectivity index (χ2v) is 5.96. The van der Waals surface area contributed by atoms with Crippen molar-refractivity contribution in [2.75, 3.05) is 0 Å². The van der Waals surface area contributed by atoms with Crippen molar-refractivity contribution in [3.8, 4) is 0 Å². The molecule has 2 nitrogen and oxygen atoms in total. The van der Waals surface area contributed by atoms with Gasteiger partial charge in [0, 0.05) is 5.92 Å². The summed E-state index contributed by atoms with van der Waals surface area (Å²) in [6, 6.07) is 8.97. The summed E-state index contributed by atoms with van der Waals surface area (Å²) in [4.78, 5) is 10.5. The molecule has 0 N–H and O–H groups in total. The molecule has 0 spiro atoms. The maximum Gasteiger partial charge on any atom is 0.0808 e. The molecule has 0 unspecified atom stereocenters. The molecule has 0 heterocycles. The lowest BCUT2D eigenvalue weighted by Gasteiger charge is -2.28. The van der Waals surface area contributed by atoms with Crippen LogP contribution in [0.5, 0.6) is 0 Å². The molecular weight excluding hydrogens is 234 g/mol. The van der Waals surface area contributed by atoms with Gasteiger partial charge in [-0.3, -0.25) is 0 Å². The monoisotopic (exact) mass is 257 g/mol. The Morgan fingerprint density at radius 3 is 2.53 bits per heavy atom. The Morgan fingerprint density at radius 1 is 1.26 bits per heavy atom. The van der Waals surface area contributed by atoms with Gasteiger partial charge in [-0.25, -0.2) is 0 Å². The second-order valence-electron chi connectivity index (χ2n) is 5.96. The van der Waals surface area contributed by atoms with E-state index in [1.807, 2.05) is 0 Å².